The molecule has 1 heterocycles. The smallest absolute Gasteiger partial charge is 0.273 e. The average Bonchev–Trinajstić information content (AvgIpc) is 2.26. The summed E-state index contributed by atoms with van der Waals surface area (Å²) in [5, 5.41) is 2.94. The number of carbonyl (C=O) groups is 1. The molecule has 0 radical (unpaired) electrons. The predicted octanol–water partition coefficient (Wildman–Crippen LogP) is -0.939. The third kappa shape index (κ3) is 3.17. The van der Waals surface area contributed by atoms with Crippen LogP contribution in [0.3, 0.4) is 0 Å². The van der Waals surface area contributed by atoms with Crippen molar-refractivity contribution in [3.05, 3.63) is 28.4 Å². The molecule has 6 nitrogen and oxygen atoms in total. The van der Waals surface area contributed by atoms with Crippen LogP contribution in [0.5, 0.6) is 0 Å². The molecule has 0 fully saturated rings. The van der Waals surface area contributed by atoms with Crippen LogP contribution in [0.1, 0.15) is 10.5 Å². The highest BCUT2D eigenvalue weighted by Gasteiger charge is 2.11. The lowest BCUT2D eigenvalue weighted by atomic mass is 10.4. The first-order chi connectivity index (χ1) is 7.15. The molecule has 1 amide bonds. The number of nitrogens with one attached hydrogen (secondary N) is 2. The Morgan fingerprint density at radius 2 is 2.40 bits per heavy atom. The minimum atomic E-state index is -0.315. The van der Waals surface area contributed by atoms with Crippen molar-refractivity contribution in [1.29, 1.82) is 0 Å². The summed E-state index contributed by atoms with van der Waals surface area (Å²) in [4.78, 5) is 30.1. The standard InChI is InChI=1S/C9H14N4O2/c1-10-3-4-13(2)9(15)7-5-12-8(14)6-11-7/h5-6,10H,3-4H2,1-2H3,(H,12,14). The van der Waals surface area contributed by atoms with Crippen LogP contribution in [-0.4, -0.2) is 48.0 Å². The molecule has 0 unspecified atom stereocenters. The molecule has 6 heteroatoms. The maximum atomic E-state index is 11.7. The maximum absolute atomic E-state index is 11.7. The molecule has 0 bridgehead atoms. The number of aromatic amines is 1. The van der Waals surface area contributed by atoms with Gasteiger partial charge in [-0.05, 0) is 7.05 Å². The van der Waals surface area contributed by atoms with Crippen LogP contribution in [-0.2, 0) is 0 Å². The topological polar surface area (TPSA) is 78.1 Å². The number of H-pyrrole nitrogens is 1. The van der Waals surface area contributed by atoms with E-state index in [1.165, 1.54) is 11.1 Å². The molecule has 1 aromatic heterocycles. The number of aromatic nitrogens is 2. The number of hydrogen-bond acceptors (Lipinski definition) is 4. The number of hydrogen-bond donors (Lipinski definition) is 2. The molecule has 0 spiro atoms. The molecule has 82 valence electrons. The minimum Gasteiger partial charge on any atom is -0.339 e. The molecular formula is C9H14N4O2. The van der Waals surface area contributed by atoms with E-state index in [1.807, 2.05) is 7.05 Å². The van der Waals surface area contributed by atoms with Crippen molar-refractivity contribution in [3.63, 3.8) is 0 Å². The largest absolute Gasteiger partial charge is 0.339 e. The molecule has 0 aliphatic rings. The van der Waals surface area contributed by atoms with Crippen molar-refractivity contribution in [3.8, 4) is 0 Å². The quantitative estimate of drug-likeness (QED) is 0.672. The number of nitrogens with zero attached hydrogens (tertiary/aromatic N) is 2. The zero-order chi connectivity index (χ0) is 11.3. The Labute approximate surface area is 87.3 Å². The number of amides is 1. The summed E-state index contributed by atoms with van der Waals surface area (Å²) in [6.07, 6.45) is 2.42. The molecule has 0 aromatic carbocycles. The summed E-state index contributed by atoms with van der Waals surface area (Å²) < 4.78 is 0. The zero-order valence-electron chi connectivity index (χ0n) is 8.78. The van der Waals surface area contributed by atoms with Gasteiger partial charge in [0.05, 0.1) is 6.20 Å². The van der Waals surface area contributed by atoms with Gasteiger partial charge in [0.15, 0.2) is 0 Å². The number of likely N-dealkylation sites (N-methyl/N-ethyl adjacent to an activating group) is 2. The molecule has 0 aliphatic carbocycles. The summed E-state index contributed by atoms with van der Waals surface area (Å²) in [7, 11) is 3.50. The lowest BCUT2D eigenvalue weighted by molar-refractivity contribution is 0.0790. The number of rotatable bonds is 4. The lowest BCUT2D eigenvalue weighted by Gasteiger charge is -2.15. The van der Waals surface area contributed by atoms with E-state index in [0.29, 0.717) is 13.1 Å². The normalized spacial score (nSPS) is 10.0. The fourth-order valence-corrected chi connectivity index (χ4v) is 1.04. The summed E-state index contributed by atoms with van der Waals surface area (Å²) in [5.74, 6) is -0.207. The monoisotopic (exact) mass is 210 g/mol. The SMILES string of the molecule is CNCCN(C)C(=O)c1c[nH]c(=O)cn1. The van der Waals surface area contributed by atoms with Crippen molar-refractivity contribution >= 4 is 5.91 Å². The summed E-state index contributed by atoms with van der Waals surface area (Å²) in [6.45, 7) is 1.31. The summed E-state index contributed by atoms with van der Waals surface area (Å²) >= 11 is 0. The van der Waals surface area contributed by atoms with Gasteiger partial charge in [0.1, 0.15) is 5.69 Å². The maximum Gasteiger partial charge on any atom is 0.273 e. The van der Waals surface area contributed by atoms with Crippen LogP contribution in [0.4, 0.5) is 0 Å². The van der Waals surface area contributed by atoms with Gasteiger partial charge in [0.2, 0.25) is 0 Å². The molecule has 15 heavy (non-hydrogen) atoms. The third-order valence-electron chi connectivity index (χ3n) is 1.94. The van der Waals surface area contributed by atoms with Gasteiger partial charge in [-0.15, -0.1) is 0 Å². The molecular weight excluding hydrogens is 196 g/mol. The summed E-state index contributed by atoms with van der Waals surface area (Å²) in [6, 6.07) is 0. The van der Waals surface area contributed by atoms with Gasteiger partial charge in [-0.3, -0.25) is 9.59 Å². The van der Waals surface area contributed by atoms with Gasteiger partial charge in [0, 0.05) is 26.3 Å². The van der Waals surface area contributed by atoms with Crippen LogP contribution in [0, 0.1) is 0 Å². The van der Waals surface area contributed by atoms with Crippen molar-refractivity contribution in [2.75, 3.05) is 27.2 Å². The van der Waals surface area contributed by atoms with E-state index in [9.17, 15) is 9.59 Å². The highest BCUT2D eigenvalue weighted by Crippen LogP contribution is 1.95. The number of carbonyl (C=O) groups excluding carboxylic acids is 1. The van der Waals surface area contributed by atoms with E-state index in [1.54, 1.807) is 7.05 Å². The Morgan fingerprint density at radius 3 is 2.93 bits per heavy atom. The second-order valence-corrected chi connectivity index (χ2v) is 3.13. The second kappa shape index (κ2) is 5.26. The molecule has 0 saturated heterocycles. The van der Waals surface area contributed by atoms with Gasteiger partial charge >= 0.3 is 0 Å². The van der Waals surface area contributed by atoms with Crippen molar-refractivity contribution in [1.82, 2.24) is 20.2 Å². The van der Waals surface area contributed by atoms with E-state index in [0.717, 1.165) is 6.20 Å². The Morgan fingerprint density at radius 1 is 1.67 bits per heavy atom. The first kappa shape index (κ1) is 11.4. The first-order valence-corrected chi connectivity index (χ1v) is 4.60. The van der Waals surface area contributed by atoms with E-state index in [4.69, 9.17) is 0 Å². The van der Waals surface area contributed by atoms with Gasteiger partial charge < -0.3 is 15.2 Å². The van der Waals surface area contributed by atoms with E-state index >= 15 is 0 Å². The molecule has 0 saturated carbocycles. The van der Waals surface area contributed by atoms with Gasteiger partial charge in [-0.1, -0.05) is 0 Å². The third-order valence-corrected chi connectivity index (χ3v) is 1.94. The van der Waals surface area contributed by atoms with E-state index in [-0.39, 0.29) is 17.2 Å². The predicted molar refractivity (Wildman–Crippen MR) is 55.7 cm³/mol. The highest BCUT2D eigenvalue weighted by atomic mass is 16.2. The van der Waals surface area contributed by atoms with Gasteiger partial charge in [-0.25, -0.2) is 4.98 Å². The van der Waals surface area contributed by atoms with Gasteiger partial charge in [0.25, 0.3) is 11.5 Å². The Balaban J connectivity index is 2.67. The van der Waals surface area contributed by atoms with Gasteiger partial charge in [-0.2, -0.15) is 0 Å². The fraction of sp³-hybridized carbons (Fsp3) is 0.444. The van der Waals surface area contributed by atoms with Crippen molar-refractivity contribution < 1.29 is 4.79 Å². The first-order valence-electron chi connectivity index (χ1n) is 4.60. The van der Waals surface area contributed by atoms with Crippen LogP contribution in [0.15, 0.2) is 17.2 Å². The Hall–Kier alpha value is -1.69. The lowest BCUT2D eigenvalue weighted by Crippen LogP contribution is -2.33. The average molecular weight is 210 g/mol. The van der Waals surface area contributed by atoms with Crippen LogP contribution < -0.4 is 10.9 Å². The van der Waals surface area contributed by atoms with Crippen LogP contribution in [0.2, 0.25) is 0 Å². The Kier molecular flexibility index (Phi) is 3.99. The fourth-order valence-electron chi connectivity index (χ4n) is 1.04. The second-order valence-electron chi connectivity index (χ2n) is 3.13. The van der Waals surface area contributed by atoms with Crippen molar-refractivity contribution in [2.45, 2.75) is 0 Å². The zero-order valence-corrected chi connectivity index (χ0v) is 8.78. The molecule has 0 aliphatic heterocycles. The molecule has 2 N–H and O–H groups in total. The van der Waals surface area contributed by atoms with E-state index < -0.39 is 0 Å². The molecule has 1 aromatic rings. The Bertz CT molecular complexity index is 367. The van der Waals surface area contributed by atoms with Crippen molar-refractivity contribution in [2.24, 2.45) is 0 Å². The minimum absolute atomic E-state index is 0.207. The highest BCUT2D eigenvalue weighted by molar-refractivity contribution is 5.91. The van der Waals surface area contributed by atoms with Crippen LogP contribution >= 0.6 is 0 Å². The molecule has 0 atom stereocenters. The van der Waals surface area contributed by atoms with E-state index in [2.05, 4.69) is 15.3 Å². The van der Waals surface area contributed by atoms with Crippen LogP contribution in [0.25, 0.3) is 0 Å². The molecule has 1 rings (SSSR count). The summed E-state index contributed by atoms with van der Waals surface area (Å²) in [5.41, 5.74) is -0.0716.